The van der Waals surface area contributed by atoms with Crippen LogP contribution in [-0.2, 0) is 6.18 Å². The number of aliphatic hydroxyl groups excluding tert-OH is 1. The highest BCUT2D eigenvalue weighted by Crippen LogP contribution is 2.35. The van der Waals surface area contributed by atoms with Crippen molar-refractivity contribution in [2.45, 2.75) is 25.2 Å². The Labute approximate surface area is 89.7 Å². The van der Waals surface area contributed by atoms with Gasteiger partial charge in [0.05, 0.1) is 11.7 Å². The van der Waals surface area contributed by atoms with E-state index in [1.165, 1.54) is 6.92 Å². The van der Waals surface area contributed by atoms with Crippen LogP contribution in [0.15, 0.2) is 18.2 Å². The fourth-order valence-electron chi connectivity index (χ4n) is 1.32. The van der Waals surface area contributed by atoms with Crippen LogP contribution in [0.25, 0.3) is 0 Å². The van der Waals surface area contributed by atoms with E-state index in [0.717, 1.165) is 12.1 Å². The molecule has 0 fully saturated rings. The second-order valence-electron chi connectivity index (χ2n) is 3.53. The number of alkyl halides is 3. The van der Waals surface area contributed by atoms with E-state index in [1.807, 2.05) is 0 Å². The number of halogens is 4. The van der Waals surface area contributed by atoms with Gasteiger partial charge >= 0.3 is 6.18 Å². The predicted octanol–water partition coefficient (Wildman–Crippen LogP) is 2.23. The molecular weight excluding hydrogens is 226 g/mol. The van der Waals surface area contributed by atoms with Gasteiger partial charge in [-0.25, -0.2) is 4.39 Å². The standard InChI is InChI=1S/C10H11F4NO/c1-5(15)9(16)7-3-2-6(11)4-8(7)10(12,13)14/h2-5,9,16H,15H2,1H3. The van der Waals surface area contributed by atoms with Gasteiger partial charge < -0.3 is 10.8 Å². The number of benzene rings is 1. The minimum Gasteiger partial charge on any atom is -0.387 e. The van der Waals surface area contributed by atoms with Crippen molar-refractivity contribution < 1.29 is 22.7 Å². The lowest BCUT2D eigenvalue weighted by Crippen LogP contribution is -2.26. The van der Waals surface area contributed by atoms with Crippen molar-refractivity contribution in [3.8, 4) is 0 Å². The molecule has 1 aromatic carbocycles. The zero-order valence-corrected chi connectivity index (χ0v) is 8.42. The van der Waals surface area contributed by atoms with Crippen molar-refractivity contribution in [1.29, 1.82) is 0 Å². The van der Waals surface area contributed by atoms with Crippen molar-refractivity contribution in [2.75, 3.05) is 0 Å². The Bertz CT molecular complexity index is 376. The van der Waals surface area contributed by atoms with Crippen LogP contribution in [0.1, 0.15) is 24.2 Å². The molecule has 0 saturated carbocycles. The summed E-state index contributed by atoms with van der Waals surface area (Å²) in [5.41, 5.74) is 3.70. The summed E-state index contributed by atoms with van der Waals surface area (Å²) in [4.78, 5) is 0. The molecule has 90 valence electrons. The van der Waals surface area contributed by atoms with Gasteiger partial charge in [0.15, 0.2) is 0 Å². The summed E-state index contributed by atoms with van der Waals surface area (Å²) in [6, 6.07) is 1.23. The molecule has 2 nitrogen and oxygen atoms in total. The van der Waals surface area contributed by atoms with Crippen LogP contribution in [0, 0.1) is 5.82 Å². The molecule has 0 aliphatic heterocycles. The van der Waals surface area contributed by atoms with Crippen molar-refractivity contribution in [2.24, 2.45) is 5.73 Å². The zero-order chi connectivity index (χ0) is 12.5. The third-order valence-corrected chi connectivity index (χ3v) is 2.14. The highest BCUT2D eigenvalue weighted by molar-refractivity contribution is 5.32. The molecule has 2 atom stereocenters. The van der Waals surface area contributed by atoms with Gasteiger partial charge in [-0.15, -0.1) is 0 Å². The van der Waals surface area contributed by atoms with E-state index in [0.29, 0.717) is 6.07 Å². The maximum atomic E-state index is 12.7. The summed E-state index contributed by atoms with van der Waals surface area (Å²) >= 11 is 0. The number of hydrogen-bond donors (Lipinski definition) is 2. The summed E-state index contributed by atoms with van der Waals surface area (Å²) in [5, 5.41) is 9.49. The second kappa shape index (κ2) is 4.39. The Morgan fingerprint density at radius 1 is 1.31 bits per heavy atom. The molecule has 2 unspecified atom stereocenters. The van der Waals surface area contributed by atoms with Crippen LogP contribution in [0.5, 0.6) is 0 Å². The molecule has 0 saturated heterocycles. The molecule has 1 aromatic rings. The number of nitrogens with two attached hydrogens (primary N) is 1. The summed E-state index contributed by atoms with van der Waals surface area (Å²) < 4.78 is 50.3. The van der Waals surface area contributed by atoms with E-state index < -0.39 is 35.3 Å². The van der Waals surface area contributed by atoms with Crippen LogP contribution in [0.4, 0.5) is 17.6 Å². The highest BCUT2D eigenvalue weighted by atomic mass is 19.4. The van der Waals surface area contributed by atoms with Crippen molar-refractivity contribution in [3.63, 3.8) is 0 Å². The smallest absolute Gasteiger partial charge is 0.387 e. The van der Waals surface area contributed by atoms with Crippen LogP contribution < -0.4 is 5.73 Å². The van der Waals surface area contributed by atoms with Crippen molar-refractivity contribution in [1.82, 2.24) is 0 Å². The Balaban J connectivity index is 3.29. The van der Waals surface area contributed by atoms with Gasteiger partial charge in [0.1, 0.15) is 5.82 Å². The lowest BCUT2D eigenvalue weighted by molar-refractivity contribution is -0.139. The van der Waals surface area contributed by atoms with Crippen molar-refractivity contribution >= 4 is 0 Å². The largest absolute Gasteiger partial charge is 0.416 e. The number of hydrogen-bond acceptors (Lipinski definition) is 2. The average molecular weight is 237 g/mol. The van der Waals surface area contributed by atoms with Gasteiger partial charge in [-0.3, -0.25) is 0 Å². The molecule has 0 aromatic heterocycles. The fourth-order valence-corrected chi connectivity index (χ4v) is 1.32. The topological polar surface area (TPSA) is 46.2 Å². The summed E-state index contributed by atoms with van der Waals surface area (Å²) in [6.07, 6.45) is -6.19. The molecule has 0 amide bonds. The van der Waals surface area contributed by atoms with E-state index in [-0.39, 0.29) is 0 Å². The molecular formula is C10H11F4NO. The van der Waals surface area contributed by atoms with Crippen molar-refractivity contribution in [3.05, 3.63) is 35.1 Å². The summed E-state index contributed by atoms with van der Waals surface area (Å²) in [5.74, 6) is -1.01. The van der Waals surface area contributed by atoms with Gasteiger partial charge in [-0.2, -0.15) is 13.2 Å². The monoisotopic (exact) mass is 237 g/mol. The van der Waals surface area contributed by atoms with Gasteiger partial charge in [-0.1, -0.05) is 6.07 Å². The summed E-state index contributed by atoms with van der Waals surface area (Å²) in [7, 11) is 0. The maximum Gasteiger partial charge on any atom is 0.416 e. The SMILES string of the molecule is CC(N)C(O)c1ccc(F)cc1C(F)(F)F. The molecule has 0 heterocycles. The molecule has 0 bridgehead atoms. The zero-order valence-electron chi connectivity index (χ0n) is 8.42. The molecule has 6 heteroatoms. The molecule has 0 radical (unpaired) electrons. The van der Waals surface area contributed by atoms with Crippen LogP contribution >= 0.6 is 0 Å². The minimum absolute atomic E-state index is 0.348. The molecule has 1 rings (SSSR count). The molecule has 16 heavy (non-hydrogen) atoms. The Kier molecular flexibility index (Phi) is 3.54. The third kappa shape index (κ3) is 2.70. The first-order valence-corrected chi connectivity index (χ1v) is 4.53. The average Bonchev–Trinajstić information content (AvgIpc) is 2.15. The molecule has 0 aliphatic carbocycles. The van der Waals surface area contributed by atoms with E-state index >= 15 is 0 Å². The lowest BCUT2D eigenvalue weighted by Gasteiger charge is -2.20. The summed E-state index contributed by atoms with van der Waals surface area (Å²) in [6.45, 7) is 1.37. The Hall–Kier alpha value is -1.14. The van der Waals surface area contributed by atoms with E-state index in [1.54, 1.807) is 0 Å². The van der Waals surface area contributed by atoms with E-state index in [2.05, 4.69) is 0 Å². The first kappa shape index (κ1) is 12.9. The van der Waals surface area contributed by atoms with Crippen LogP contribution in [0.2, 0.25) is 0 Å². The highest BCUT2D eigenvalue weighted by Gasteiger charge is 2.36. The number of aliphatic hydroxyl groups is 1. The molecule has 0 spiro atoms. The van der Waals surface area contributed by atoms with Gasteiger partial charge in [-0.05, 0) is 24.6 Å². The Morgan fingerprint density at radius 2 is 1.88 bits per heavy atom. The van der Waals surface area contributed by atoms with Gasteiger partial charge in [0.2, 0.25) is 0 Å². The first-order chi connectivity index (χ1) is 7.23. The quantitative estimate of drug-likeness (QED) is 0.775. The molecule has 0 aliphatic rings. The van der Waals surface area contributed by atoms with Gasteiger partial charge in [0.25, 0.3) is 0 Å². The fraction of sp³-hybridized carbons (Fsp3) is 0.400. The second-order valence-corrected chi connectivity index (χ2v) is 3.53. The Morgan fingerprint density at radius 3 is 2.31 bits per heavy atom. The van der Waals surface area contributed by atoms with Crippen LogP contribution in [0.3, 0.4) is 0 Å². The number of rotatable bonds is 2. The van der Waals surface area contributed by atoms with E-state index in [9.17, 15) is 22.7 Å². The molecule has 3 N–H and O–H groups in total. The lowest BCUT2D eigenvalue weighted by atomic mass is 9.98. The normalized spacial score (nSPS) is 15.9. The van der Waals surface area contributed by atoms with E-state index in [4.69, 9.17) is 5.73 Å². The van der Waals surface area contributed by atoms with Gasteiger partial charge in [0, 0.05) is 6.04 Å². The van der Waals surface area contributed by atoms with Crippen LogP contribution in [-0.4, -0.2) is 11.1 Å². The maximum absolute atomic E-state index is 12.7. The predicted molar refractivity (Wildman–Crippen MR) is 50.0 cm³/mol. The first-order valence-electron chi connectivity index (χ1n) is 4.53. The minimum atomic E-state index is -4.71. The third-order valence-electron chi connectivity index (χ3n) is 2.14.